The van der Waals surface area contributed by atoms with Gasteiger partial charge in [-0.05, 0) is 50.3 Å². The molecule has 0 aliphatic rings. The van der Waals surface area contributed by atoms with Crippen LogP contribution in [0.25, 0.3) is 0 Å². The van der Waals surface area contributed by atoms with Crippen LogP contribution in [0.2, 0.25) is 0 Å². The Morgan fingerprint density at radius 1 is 0.810 bits per heavy atom. The molecule has 3 amide bonds. The first-order chi connectivity index (χ1) is 19.7. The third kappa shape index (κ3) is 13.6. The number of aliphatic hydroxyl groups is 1. The van der Waals surface area contributed by atoms with Crippen molar-refractivity contribution < 1.29 is 34.5 Å². The fourth-order valence-corrected chi connectivity index (χ4v) is 3.69. The molecule has 0 fully saturated rings. The van der Waals surface area contributed by atoms with Crippen LogP contribution in [0.3, 0.4) is 0 Å². The minimum atomic E-state index is -1.57. The Hall–Kier alpha value is -4.64. The first-order valence-corrected chi connectivity index (χ1v) is 13.2. The molecule has 17 nitrogen and oxygen atoms in total. The highest BCUT2D eigenvalue weighted by Gasteiger charge is 2.32. The molecule has 1 aromatic carbocycles. The van der Waals surface area contributed by atoms with E-state index in [0.29, 0.717) is 12.0 Å². The number of carbonyl (C=O) groups is 4. The lowest BCUT2D eigenvalue weighted by molar-refractivity contribution is -0.143. The zero-order valence-electron chi connectivity index (χ0n) is 23.4. The standard InChI is InChI=1S/C25H42N10O7/c1-13(36)19(22(40)34-18(23(41)42)12-14-6-8-15(37)9-7-14)35-21(39)17(5-3-11-32-25(29)30)33-20(38)16(26)4-2-10-31-24(27)28/h6-9,13,16-19,36-37H,2-5,10-12,26H2,1H3,(H,33,38)(H,34,40)(H,35,39)(H,41,42)(H4,27,28,31)(H4,29,30,32). The lowest BCUT2D eigenvalue weighted by Gasteiger charge is -2.26. The SMILES string of the molecule is CC(O)C(NC(=O)C(CCCN=C(N)N)NC(=O)C(N)CCCN=C(N)N)C(=O)NC(Cc1ccc(O)cc1)C(=O)O. The van der Waals surface area contributed by atoms with E-state index in [1.807, 2.05) is 0 Å². The molecule has 16 N–H and O–H groups in total. The number of carboxylic acid groups (broad SMARTS) is 1. The van der Waals surface area contributed by atoms with Crippen molar-refractivity contribution in [3.05, 3.63) is 29.8 Å². The number of hydrogen-bond acceptors (Lipinski definition) is 9. The van der Waals surface area contributed by atoms with Gasteiger partial charge in [0.25, 0.3) is 0 Å². The predicted molar refractivity (Wildman–Crippen MR) is 155 cm³/mol. The third-order valence-corrected chi connectivity index (χ3v) is 5.94. The normalized spacial score (nSPS) is 14.3. The summed E-state index contributed by atoms with van der Waals surface area (Å²) >= 11 is 0. The number of amides is 3. The van der Waals surface area contributed by atoms with Gasteiger partial charge < -0.3 is 59.9 Å². The Morgan fingerprint density at radius 3 is 1.83 bits per heavy atom. The number of aliphatic carboxylic acids is 1. The maximum atomic E-state index is 13.2. The van der Waals surface area contributed by atoms with E-state index in [9.17, 15) is 34.5 Å². The van der Waals surface area contributed by atoms with Crippen molar-refractivity contribution in [3.63, 3.8) is 0 Å². The van der Waals surface area contributed by atoms with Gasteiger partial charge in [-0.2, -0.15) is 0 Å². The topological polar surface area (TPSA) is 320 Å². The number of aromatic hydroxyl groups is 1. The third-order valence-electron chi connectivity index (χ3n) is 5.94. The number of guanidine groups is 2. The zero-order valence-corrected chi connectivity index (χ0v) is 23.4. The van der Waals surface area contributed by atoms with Crippen molar-refractivity contribution in [2.75, 3.05) is 13.1 Å². The van der Waals surface area contributed by atoms with Gasteiger partial charge in [-0.15, -0.1) is 0 Å². The number of nitrogens with two attached hydrogens (primary N) is 5. The fourth-order valence-electron chi connectivity index (χ4n) is 3.69. The van der Waals surface area contributed by atoms with Crippen LogP contribution in [-0.4, -0.2) is 94.3 Å². The number of benzene rings is 1. The number of carbonyl (C=O) groups excluding carboxylic acids is 3. The summed E-state index contributed by atoms with van der Waals surface area (Å²) in [5.74, 6) is -4.08. The van der Waals surface area contributed by atoms with Crippen molar-refractivity contribution in [1.29, 1.82) is 0 Å². The molecule has 1 aromatic rings. The van der Waals surface area contributed by atoms with E-state index in [-0.39, 0.29) is 56.4 Å². The van der Waals surface area contributed by atoms with Gasteiger partial charge in [-0.3, -0.25) is 24.4 Å². The van der Waals surface area contributed by atoms with Gasteiger partial charge in [-0.1, -0.05) is 12.1 Å². The Balaban J connectivity index is 2.98. The van der Waals surface area contributed by atoms with Crippen LogP contribution in [0.4, 0.5) is 0 Å². The molecule has 0 aliphatic carbocycles. The van der Waals surface area contributed by atoms with Crippen molar-refractivity contribution in [2.45, 2.75) is 69.3 Å². The lowest BCUT2D eigenvalue weighted by Crippen LogP contribution is -2.60. The zero-order chi connectivity index (χ0) is 31.8. The van der Waals surface area contributed by atoms with E-state index < -0.39 is 54.0 Å². The highest BCUT2D eigenvalue weighted by atomic mass is 16.4. The van der Waals surface area contributed by atoms with Crippen LogP contribution in [0.1, 0.15) is 38.2 Å². The number of carboxylic acids is 1. The van der Waals surface area contributed by atoms with E-state index in [2.05, 4.69) is 25.9 Å². The van der Waals surface area contributed by atoms with Gasteiger partial charge in [0, 0.05) is 19.5 Å². The van der Waals surface area contributed by atoms with Gasteiger partial charge >= 0.3 is 5.97 Å². The largest absolute Gasteiger partial charge is 0.508 e. The smallest absolute Gasteiger partial charge is 0.326 e. The molecule has 0 saturated carbocycles. The van der Waals surface area contributed by atoms with Crippen LogP contribution in [-0.2, 0) is 25.6 Å². The molecule has 0 heterocycles. The quantitative estimate of drug-likeness (QED) is 0.0444. The molecule has 0 aliphatic heterocycles. The summed E-state index contributed by atoms with van der Waals surface area (Å²) in [5, 5.41) is 36.5. The Morgan fingerprint density at radius 2 is 1.33 bits per heavy atom. The van der Waals surface area contributed by atoms with Gasteiger partial charge in [-0.25, -0.2) is 4.79 Å². The van der Waals surface area contributed by atoms with Crippen molar-refractivity contribution >= 4 is 35.6 Å². The minimum absolute atomic E-state index is 0.0154. The van der Waals surface area contributed by atoms with Crippen LogP contribution < -0.4 is 44.6 Å². The molecular weight excluding hydrogens is 552 g/mol. The van der Waals surface area contributed by atoms with Gasteiger partial charge in [0.1, 0.15) is 23.9 Å². The fraction of sp³-hybridized carbons (Fsp3) is 0.520. The molecule has 5 atom stereocenters. The highest BCUT2D eigenvalue weighted by Crippen LogP contribution is 2.12. The van der Waals surface area contributed by atoms with E-state index >= 15 is 0 Å². The second-order valence-electron chi connectivity index (χ2n) is 9.56. The first kappa shape index (κ1) is 35.4. The summed E-state index contributed by atoms with van der Waals surface area (Å²) < 4.78 is 0. The summed E-state index contributed by atoms with van der Waals surface area (Å²) in [6, 6.07) is 0.547. The molecule has 5 unspecified atom stereocenters. The van der Waals surface area contributed by atoms with E-state index in [1.54, 1.807) is 0 Å². The average molecular weight is 595 g/mol. The van der Waals surface area contributed by atoms with E-state index in [1.165, 1.54) is 31.2 Å². The molecule has 0 bridgehead atoms. The Labute approximate surface area is 243 Å². The van der Waals surface area contributed by atoms with E-state index in [0.717, 1.165) is 0 Å². The van der Waals surface area contributed by atoms with Crippen LogP contribution in [0.15, 0.2) is 34.3 Å². The average Bonchev–Trinajstić information content (AvgIpc) is 2.91. The molecule has 0 spiro atoms. The number of phenols is 1. The van der Waals surface area contributed by atoms with Crippen molar-refractivity contribution in [2.24, 2.45) is 38.7 Å². The summed E-state index contributed by atoms with van der Waals surface area (Å²) in [4.78, 5) is 58.4. The van der Waals surface area contributed by atoms with Crippen LogP contribution >= 0.6 is 0 Å². The van der Waals surface area contributed by atoms with Crippen molar-refractivity contribution in [3.8, 4) is 5.75 Å². The molecular formula is C25H42N10O7. The van der Waals surface area contributed by atoms with Gasteiger partial charge in [0.2, 0.25) is 17.7 Å². The van der Waals surface area contributed by atoms with E-state index in [4.69, 9.17) is 28.7 Å². The number of nitrogens with zero attached hydrogens (tertiary/aromatic N) is 2. The molecule has 42 heavy (non-hydrogen) atoms. The first-order valence-electron chi connectivity index (χ1n) is 13.2. The van der Waals surface area contributed by atoms with Crippen molar-refractivity contribution in [1.82, 2.24) is 16.0 Å². The number of hydrogen-bond donors (Lipinski definition) is 11. The number of phenolic OH excluding ortho intramolecular Hbond substituents is 1. The molecule has 17 heteroatoms. The van der Waals surface area contributed by atoms with Gasteiger partial charge in [0.05, 0.1) is 12.1 Å². The second kappa shape index (κ2) is 17.9. The van der Waals surface area contributed by atoms with Crippen LogP contribution in [0, 0.1) is 0 Å². The van der Waals surface area contributed by atoms with Gasteiger partial charge in [0.15, 0.2) is 11.9 Å². The number of aliphatic imine (C=N–C) groups is 2. The molecule has 0 saturated heterocycles. The minimum Gasteiger partial charge on any atom is -0.508 e. The highest BCUT2D eigenvalue weighted by molar-refractivity contribution is 5.94. The monoisotopic (exact) mass is 594 g/mol. The number of nitrogens with one attached hydrogen (secondary N) is 3. The molecule has 0 aromatic heterocycles. The summed E-state index contributed by atoms with van der Waals surface area (Å²) in [7, 11) is 0. The maximum absolute atomic E-state index is 13.2. The summed E-state index contributed by atoms with van der Waals surface area (Å²) in [6.45, 7) is 1.63. The number of rotatable bonds is 18. The number of aliphatic hydroxyl groups excluding tert-OH is 1. The molecule has 0 radical (unpaired) electrons. The summed E-state index contributed by atoms with van der Waals surface area (Å²) in [6.07, 6.45) is -0.662. The lowest BCUT2D eigenvalue weighted by atomic mass is 10.0. The Bertz CT molecular complexity index is 1100. The maximum Gasteiger partial charge on any atom is 0.326 e. The molecule has 234 valence electrons. The van der Waals surface area contributed by atoms with Crippen LogP contribution in [0.5, 0.6) is 5.75 Å². The predicted octanol–water partition coefficient (Wildman–Crippen LogP) is -3.71. The second-order valence-corrected chi connectivity index (χ2v) is 9.56. The molecule has 1 rings (SSSR count). The summed E-state index contributed by atoms with van der Waals surface area (Å²) in [5.41, 5.74) is 27.7. The Kier molecular flexibility index (Phi) is 15.1.